The number of nitrogens with two attached hydrogens (primary N) is 1. The first-order valence-corrected chi connectivity index (χ1v) is 12.4. The van der Waals surface area contributed by atoms with E-state index in [0.29, 0.717) is 30.0 Å². The van der Waals surface area contributed by atoms with E-state index in [9.17, 15) is 14.4 Å². The molecule has 1 saturated heterocycles. The number of hydrogen-bond acceptors (Lipinski definition) is 7. The molecule has 0 aliphatic carbocycles. The van der Waals surface area contributed by atoms with E-state index in [0.717, 1.165) is 18.4 Å². The van der Waals surface area contributed by atoms with Crippen LogP contribution in [-0.4, -0.2) is 66.8 Å². The summed E-state index contributed by atoms with van der Waals surface area (Å²) in [4.78, 5) is 43.6. The van der Waals surface area contributed by atoms with E-state index in [2.05, 4.69) is 0 Å². The molecule has 0 unspecified atom stereocenters. The van der Waals surface area contributed by atoms with Crippen molar-refractivity contribution in [2.75, 3.05) is 27.3 Å². The predicted octanol–water partition coefficient (Wildman–Crippen LogP) is 3.28. The highest BCUT2D eigenvalue weighted by molar-refractivity contribution is 6.02. The fourth-order valence-electron chi connectivity index (χ4n) is 4.56. The number of para-hydroxylation sites is 1. The van der Waals surface area contributed by atoms with Crippen molar-refractivity contribution >= 4 is 17.6 Å². The van der Waals surface area contributed by atoms with Crippen molar-refractivity contribution in [2.24, 2.45) is 11.7 Å². The Morgan fingerprint density at radius 1 is 1.08 bits per heavy atom. The first-order chi connectivity index (χ1) is 17.3. The van der Waals surface area contributed by atoms with Crippen LogP contribution in [0.3, 0.4) is 0 Å². The fourth-order valence-corrected chi connectivity index (χ4v) is 4.56. The lowest BCUT2D eigenvalue weighted by Gasteiger charge is -2.31. The lowest BCUT2D eigenvalue weighted by Crippen LogP contribution is -2.54. The molecule has 3 atom stereocenters. The van der Waals surface area contributed by atoms with Crippen LogP contribution in [0.15, 0.2) is 48.5 Å². The number of likely N-dealkylation sites (tertiary alicyclic amines) is 1. The topological polar surface area (TPSA) is 102 Å². The second-order valence-electron chi connectivity index (χ2n) is 9.25. The molecule has 0 saturated carbocycles. The highest BCUT2D eigenvalue weighted by atomic mass is 16.5. The molecule has 3 rings (SSSR count). The van der Waals surface area contributed by atoms with Crippen molar-refractivity contribution in [3.8, 4) is 11.5 Å². The van der Waals surface area contributed by atoms with Crippen LogP contribution in [0.2, 0.25) is 0 Å². The summed E-state index contributed by atoms with van der Waals surface area (Å²) in [5.74, 6) is -0.104. The first-order valence-electron chi connectivity index (χ1n) is 12.4. The number of hydrogen-bond donors (Lipinski definition) is 1. The normalized spacial score (nSPS) is 17.3. The summed E-state index contributed by atoms with van der Waals surface area (Å²) < 4.78 is 10.7. The predicted molar refractivity (Wildman–Crippen MR) is 138 cm³/mol. The summed E-state index contributed by atoms with van der Waals surface area (Å²) >= 11 is 0. The Labute approximate surface area is 213 Å². The van der Waals surface area contributed by atoms with E-state index in [1.165, 1.54) is 19.1 Å². The van der Waals surface area contributed by atoms with E-state index >= 15 is 0 Å². The number of carbonyl (C=O) groups is 3. The van der Waals surface area contributed by atoms with E-state index < -0.39 is 12.1 Å². The van der Waals surface area contributed by atoms with Crippen molar-refractivity contribution < 1.29 is 23.9 Å². The van der Waals surface area contributed by atoms with Gasteiger partial charge < -0.3 is 15.2 Å². The van der Waals surface area contributed by atoms with E-state index in [1.54, 1.807) is 18.2 Å². The summed E-state index contributed by atoms with van der Waals surface area (Å²) in [6.07, 6.45) is 2.05. The molecule has 1 fully saturated rings. The van der Waals surface area contributed by atoms with Gasteiger partial charge in [0, 0.05) is 0 Å². The average molecular weight is 496 g/mol. The van der Waals surface area contributed by atoms with E-state index in [1.807, 2.05) is 49.1 Å². The third-order valence-corrected chi connectivity index (χ3v) is 6.96. The van der Waals surface area contributed by atoms with Crippen molar-refractivity contribution in [2.45, 2.75) is 51.7 Å². The van der Waals surface area contributed by atoms with Gasteiger partial charge in [-0.15, -0.1) is 0 Å². The number of imide groups is 1. The van der Waals surface area contributed by atoms with Crippen LogP contribution in [0.5, 0.6) is 11.5 Å². The molecule has 0 aromatic heterocycles. The summed E-state index contributed by atoms with van der Waals surface area (Å²) in [6.45, 7) is 4.64. The molecular formula is C28H37N3O5. The number of Topliss-reactive ketones (excluding diaryl/α,β-unsaturated/α-hetero) is 1. The molecule has 2 aromatic rings. The van der Waals surface area contributed by atoms with Gasteiger partial charge in [-0.05, 0) is 43.0 Å². The number of ketones is 1. The molecule has 8 heteroatoms. The molecule has 1 heterocycles. The van der Waals surface area contributed by atoms with Gasteiger partial charge in [-0.2, -0.15) is 0 Å². The summed E-state index contributed by atoms with van der Waals surface area (Å²) in [5.41, 5.74) is 7.52. The standard InChI is InChI=1S/C28H37N3O5/c1-5-19(2)25(29)28(34)31(17-20-11-7-6-8-12-20)27(33)22-14-10-16-30(22)18-23(32)21-13-9-15-24(35-3)26(21)36-4/h6-9,11-13,15,19,22,25H,5,10,14,16-18,29H2,1-4H3/t19-,22-,25-/m0/s1. The number of amides is 2. The van der Waals surface area contributed by atoms with Crippen molar-refractivity contribution in [1.82, 2.24) is 9.80 Å². The van der Waals surface area contributed by atoms with Crippen LogP contribution in [-0.2, 0) is 16.1 Å². The van der Waals surface area contributed by atoms with Gasteiger partial charge in [0.25, 0.3) is 0 Å². The second-order valence-corrected chi connectivity index (χ2v) is 9.25. The van der Waals surface area contributed by atoms with Gasteiger partial charge in [-0.1, -0.05) is 56.7 Å². The van der Waals surface area contributed by atoms with Crippen molar-refractivity contribution in [3.05, 3.63) is 59.7 Å². The van der Waals surface area contributed by atoms with Gasteiger partial charge in [0.2, 0.25) is 11.8 Å². The van der Waals surface area contributed by atoms with Gasteiger partial charge in [0.1, 0.15) is 0 Å². The van der Waals surface area contributed by atoms with Crippen LogP contribution >= 0.6 is 0 Å². The quantitative estimate of drug-likeness (QED) is 0.477. The van der Waals surface area contributed by atoms with E-state index in [4.69, 9.17) is 15.2 Å². The monoisotopic (exact) mass is 495 g/mol. The molecule has 8 nitrogen and oxygen atoms in total. The van der Waals surface area contributed by atoms with E-state index in [-0.39, 0.29) is 36.6 Å². The van der Waals surface area contributed by atoms with Crippen LogP contribution in [0.1, 0.15) is 49.0 Å². The minimum absolute atomic E-state index is 0.0325. The maximum atomic E-state index is 13.8. The van der Waals surface area contributed by atoms with Gasteiger partial charge in [0.05, 0.1) is 45.0 Å². The molecule has 2 amide bonds. The van der Waals surface area contributed by atoms with Crippen LogP contribution in [0.25, 0.3) is 0 Å². The molecule has 1 aliphatic heterocycles. The molecule has 2 aromatic carbocycles. The number of ether oxygens (including phenoxy) is 2. The third kappa shape index (κ3) is 6.12. The van der Waals surface area contributed by atoms with Gasteiger partial charge in [-0.3, -0.25) is 24.2 Å². The molecular weight excluding hydrogens is 458 g/mol. The van der Waals surface area contributed by atoms with Gasteiger partial charge in [-0.25, -0.2) is 0 Å². The Morgan fingerprint density at radius 2 is 1.81 bits per heavy atom. The molecule has 194 valence electrons. The summed E-state index contributed by atoms with van der Waals surface area (Å²) in [5, 5.41) is 0. The van der Waals surface area contributed by atoms with Crippen LogP contribution in [0.4, 0.5) is 0 Å². The Bertz CT molecular complexity index is 1060. The zero-order valence-electron chi connectivity index (χ0n) is 21.6. The minimum atomic E-state index is -0.778. The summed E-state index contributed by atoms with van der Waals surface area (Å²) in [6, 6.07) is 13.2. The number of nitrogens with zero attached hydrogens (tertiary/aromatic N) is 2. The summed E-state index contributed by atoms with van der Waals surface area (Å²) in [7, 11) is 3.01. The second kappa shape index (κ2) is 12.6. The minimum Gasteiger partial charge on any atom is -0.493 e. The maximum absolute atomic E-state index is 13.8. The van der Waals surface area contributed by atoms with Crippen molar-refractivity contribution in [3.63, 3.8) is 0 Å². The number of rotatable bonds is 11. The maximum Gasteiger partial charge on any atom is 0.246 e. The largest absolute Gasteiger partial charge is 0.493 e. The van der Waals surface area contributed by atoms with Gasteiger partial charge in [0.15, 0.2) is 17.3 Å². The molecule has 36 heavy (non-hydrogen) atoms. The lowest BCUT2D eigenvalue weighted by atomic mass is 9.98. The Balaban J connectivity index is 1.84. The fraction of sp³-hybridized carbons (Fsp3) is 0.464. The van der Waals surface area contributed by atoms with Crippen LogP contribution in [0, 0.1) is 5.92 Å². The zero-order valence-corrected chi connectivity index (χ0v) is 21.6. The lowest BCUT2D eigenvalue weighted by molar-refractivity contribution is -0.149. The molecule has 1 aliphatic rings. The van der Waals surface area contributed by atoms with Gasteiger partial charge >= 0.3 is 0 Å². The number of carbonyl (C=O) groups excluding carboxylic acids is 3. The molecule has 0 spiro atoms. The molecule has 2 N–H and O–H groups in total. The number of benzene rings is 2. The zero-order chi connectivity index (χ0) is 26.2. The molecule has 0 bridgehead atoms. The average Bonchev–Trinajstić information content (AvgIpc) is 3.37. The van der Waals surface area contributed by atoms with Crippen LogP contribution < -0.4 is 15.2 Å². The third-order valence-electron chi connectivity index (χ3n) is 6.96. The number of methoxy groups -OCH3 is 2. The highest BCUT2D eigenvalue weighted by Gasteiger charge is 2.39. The molecule has 0 radical (unpaired) electrons. The Hall–Kier alpha value is -3.23. The highest BCUT2D eigenvalue weighted by Crippen LogP contribution is 2.32. The SMILES string of the molecule is CC[C@H](C)[C@H](N)C(=O)N(Cc1ccccc1)C(=O)[C@@H]1CCCN1CC(=O)c1cccc(OC)c1OC. The van der Waals surface area contributed by atoms with Crippen molar-refractivity contribution in [1.29, 1.82) is 0 Å². The first kappa shape index (κ1) is 27.4. The Morgan fingerprint density at radius 3 is 2.44 bits per heavy atom. The smallest absolute Gasteiger partial charge is 0.246 e. The Kier molecular flexibility index (Phi) is 9.61.